The molecule has 5 nitrogen and oxygen atoms in total. The lowest BCUT2D eigenvalue weighted by Crippen LogP contribution is -2.33. The standard InChI is InChI=1S/C18H21FN2O3/c1-12(13-5-7-14(19)8-6-13)21(2)18(22)20-16-10-9-15(23-3)11-17(16)24-4/h5-12H,1-4H3,(H,20,22)/t12-/m0/s1. The largest absolute Gasteiger partial charge is 0.497 e. The lowest BCUT2D eigenvalue weighted by molar-refractivity contribution is 0.208. The van der Waals surface area contributed by atoms with Crippen molar-refractivity contribution in [1.82, 2.24) is 4.90 Å². The Balaban J connectivity index is 2.12. The van der Waals surface area contributed by atoms with E-state index >= 15 is 0 Å². The van der Waals surface area contributed by atoms with Crippen LogP contribution in [0.1, 0.15) is 18.5 Å². The van der Waals surface area contributed by atoms with Gasteiger partial charge in [-0.15, -0.1) is 0 Å². The summed E-state index contributed by atoms with van der Waals surface area (Å²) in [6, 6.07) is 10.7. The van der Waals surface area contributed by atoms with E-state index in [2.05, 4.69) is 5.32 Å². The maximum atomic E-state index is 13.0. The van der Waals surface area contributed by atoms with Crippen molar-refractivity contribution in [2.24, 2.45) is 0 Å². The van der Waals surface area contributed by atoms with Crippen molar-refractivity contribution in [1.29, 1.82) is 0 Å². The maximum Gasteiger partial charge on any atom is 0.322 e. The molecule has 0 bridgehead atoms. The number of urea groups is 1. The van der Waals surface area contributed by atoms with Crippen LogP contribution in [0.5, 0.6) is 11.5 Å². The number of hydrogen-bond acceptors (Lipinski definition) is 3. The van der Waals surface area contributed by atoms with Crippen molar-refractivity contribution < 1.29 is 18.7 Å². The molecule has 24 heavy (non-hydrogen) atoms. The zero-order valence-corrected chi connectivity index (χ0v) is 14.2. The lowest BCUT2D eigenvalue weighted by Gasteiger charge is -2.26. The molecule has 1 atom stereocenters. The SMILES string of the molecule is COc1ccc(NC(=O)N(C)[C@@H](C)c2ccc(F)cc2)c(OC)c1. The van der Waals surface area contributed by atoms with E-state index in [1.165, 1.54) is 24.1 Å². The Labute approximate surface area is 141 Å². The number of carbonyl (C=O) groups excluding carboxylic acids is 1. The number of amides is 2. The highest BCUT2D eigenvalue weighted by molar-refractivity contribution is 5.91. The van der Waals surface area contributed by atoms with Crippen LogP contribution < -0.4 is 14.8 Å². The van der Waals surface area contributed by atoms with Gasteiger partial charge in [0.1, 0.15) is 17.3 Å². The summed E-state index contributed by atoms with van der Waals surface area (Å²) in [5.41, 5.74) is 1.39. The molecule has 1 N–H and O–H groups in total. The summed E-state index contributed by atoms with van der Waals surface area (Å²) >= 11 is 0. The summed E-state index contributed by atoms with van der Waals surface area (Å²) < 4.78 is 23.4. The number of nitrogens with one attached hydrogen (secondary N) is 1. The zero-order chi connectivity index (χ0) is 17.7. The molecule has 0 aliphatic heterocycles. The lowest BCUT2D eigenvalue weighted by atomic mass is 10.1. The van der Waals surface area contributed by atoms with Crippen molar-refractivity contribution in [2.45, 2.75) is 13.0 Å². The first-order chi connectivity index (χ1) is 11.5. The Hall–Kier alpha value is -2.76. The molecule has 0 unspecified atom stereocenters. The maximum absolute atomic E-state index is 13.0. The molecule has 2 aromatic rings. The Morgan fingerprint density at radius 1 is 1.12 bits per heavy atom. The summed E-state index contributed by atoms with van der Waals surface area (Å²) in [6.07, 6.45) is 0. The fraction of sp³-hybridized carbons (Fsp3) is 0.278. The van der Waals surface area contributed by atoms with Gasteiger partial charge in [0, 0.05) is 13.1 Å². The van der Waals surface area contributed by atoms with E-state index in [-0.39, 0.29) is 17.9 Å². The number of ether oxygens (including phenoxy) is 2. The fourth-order valence-electron chi connectivity index (χ4n) is 2.25. The van der Waals surface area contributed by atoms with E-state index in [1.807, 2.05) is 6.92 Å². The third-order valence-corrected chi connectivity index (χ3v) is 3.90. The van der Waals surface area contributed by atoms with Gasteiger partial charge in [-0.2, -0.15) is 0 Å². The zero-order valence-electron chi connectivity index (χ0n) is 14.2. The Morgan fingerprint density at radius 2 is 1.79 bits per heavy atom. The fourth-order valence-corrected chi connectivity index (χ4v) is 2.25. The number of halogens is 1. The highest BCUT2D eigenvalue weighted by atomic mass is 19.1. The first-order valence-electron chi connectivity index (χ1n) is 7.47. The number of hydrogen-bond donors (Lipinski definition) is 1. The van der Waals surface area contributed by atoms with Gasteiger partial charge in [0.15, 0.2) is 0 Å². The average molecular weight is 332 g/mol. The Morgan fingerprint density at radius 3 is 2.38 bits per heavy atom. The summed E-state index contributed by atoms with van der Waals surface area (Å²) in [4.78, 5) is 14.0. The molecule has 2 amide bonds. The van der Waals surface area contributed by atoms with Crippen molar-refractivity contribution in [2.75, 3.05) is 26.6 Å². The van der Waals surface area contributed by atoms with Crippen molar-refractivity contribution in [3.8, 4) is 11.5 Å². The van der Waals surface area contributed by atoms with E-state index in [1.54, 1.807) is 44.5 Å². The molecule has 0 spiro atoms. The van der Waals surface area contributed by atoms with E-state index in [4.69, 9.17) is 9.47 Å². The molecule has 0 fully saturated rings. The van der Waals surface area contributed by atoms with Crippen LogP contribution in [0.25, 0.3) is 0 Å². The van der Waals surface area contributed by atoms with Gasteiger partial charge in [-0.25, -0.2) is 9.18 Å². The number of rotatable bonds is 5. The van der Waals surface area contributed by atoms with Gasteiger partial charge in [0.05, 0.1) is 25.9 Å². The smallest absolute Gasteiger partial charge is 0.322 e. The first kappa shape index (κ1) is 17.6. The summed E-state index contributed by atoms with van der Waals surface area (Å²) in [5.74, 6) is 0.837. The third-order valence-electron chi connectivity index (χ3n) is 3.90. The molecule has 0 saturated carbocycles. The van der Waals surface area contributed by atoms with Gasteiger partial charge in [0.25, 0.3) is 0 Å². The summed E-state index contributed by atoms with van der Waals surface area (Å²) in [5, 5.41) is 2.81. The molecule has 0 aliphatic rings. The number of carbonyl (C=O) groups is 1. The molecule has 0 aromatic heterocycles. The molecule has 0 aliphatic carbocycles. The molecular weight excluding hydrogens is 311 g/mol. The van der Waals surface area contributed by atoms with Gasteiger partial charge in [-0.1, -0.05) is 12.1 Å². The van der Waals surface area contributed by atoms with E-state index in [0.717, 1.165) is 5.56 Å². The number of anilines is 1. The van der Waals surface area contributed by atoms with E-state index in [0.29, 0.717) is 17.2 Å². The molecule has 2 aromatic carbocycles. The van der Waals surface area contributed by atoms with Crippen LogP contribution in [0.3, 0.4) is 0 Å². The predicted octanol–water partition coefficient (Wildman–Crippen LogP) is 4.07. The van der Waals surface area contributed by atoms with Gasteiger partial charge in [0.2, 0.25) is 0 Å². The van der Waals surface area contributed by atoms with E-state index < -0.39 is 0 Å². The van der Waals surface area contributed by atoms with Gasteiger partial charge < -0.3 is 19.7 Å². The second kappa shape index (κ2) is 7.68. The quantitative estimate of drug-likeness (QED) is 0.898. The van der Waals surface area contributed by atoms with Crippen LogP contribution in [0.15, 0.2) is 42.5 Å². The highest BCUT2D eigenvalue weighted by Gasteiger charge is 2.19. The minimum absolute atomic E-state index is 0.213. The minimum atomic E-state index is -0.305. The van der Waals surface area contributed by atoms with Crippen LogP contribution in [-0.2, 0) is 0 Å². The van der Waals surface area contributed by atoms with E-state index in [9.17, 15) is 9.18 Å². The topological polar surface area (TPSA) is 50.8 Å². The molecular formula is C18H21FN2O3. The molecule has 0 heterocycles. The van der Waals surface area contributed by atoms with Gasteiger partial charge >= 0.3 is 6.03 Å². The summed E-state index contributed by atoms with van der Waals surface area (Å²) in [6.45, 7) is 1.87. The minimum Gasteiger partial charge on any atom is -0.497 e. The van der Waals surface area contributed by atoms with Crippen LogP contribution in [0.2, 0.25) is 0 Å². The second-order valence-corrected chi connectivity index (χ2v) is 5.33. The van der Waals surface area contributed by atoms with Gasteiger partial charge in [-0.05, 0) is 36.8 Å². The normalized spacial score (nSPS) is 11.5. The summed E-state index contributed by atoms with van der Waals surface area (Å²) in [7, 11) is 4.76. The van der Waals surface area contributed by atoms with Crippen LogP contribution in [0, 0.1) is 5.82 Å². The molecule has 6 heteroatoms. The predicted molar refractivity (Wildman–Crippen MR) is 91.1 cm³/mol. The monoisotopic (exact) mass is 332 g/mol. The molecule has 0 saturated heterocycles. The van der Waals surface area contributed by atoms with Crippen molar-refractivity contribution in [3.63, 3.8) is 0 Å². The second-order valence-electron chi connectivity index (χ2n) is 5.33. The number of methoxy groups -OCH3 is 2. The Kier molecular flexibility index (Phi) is 5.63. The van der Waals surface area contributed by atoms with Crippen LogP contribution >= 0.6 is 0 Å². The number of nitrogens with zero attached hydrogens (tertiary/aromatic N) is 1. The third kappa shape index (κ3) is 3.95. The average Bonchev–Trinajstić information content (AvgIpc) is 2.61. The van der Waals surface area contributed by atoms with Crippen LogP contribution in [0.4, 0.5) is 14.9 Å². The first-order valence-corrected chi connectivity index (χ1v) is 7.47. The highest BCUT2D eigenvalue weighted by Crippen LogP contribution is 2.30. The Bertz CT molecular complexity index is 704. The van der Waals surface area contributed by atoms with Gasteiger partial charge in [-0.3, -0.25) is 0 Å². The van der Waals surface area contributed by atoms with Crippen molar-refractivity contribution in [3.05, 3.63) is 53.8 Å². The molecule has 128 valence electrons. The number of benzene rings is 2. The molecule has 2 rings (SSSR count). The molecule has 0 radical (unpaired) electrons. The van der Waals surface area contributed by atoms with Crippen LogP contribution in [-0.4, -0.2) is 32.2 Å². The van der Waals surface area contributed by atoms with Crippen molar-refractivity contribution >= 4 is 11.7 Å².